The molecular weight excluding hydrogens is 480 g/mol. The minimum absolute atomic E-state index is 0.00437. The number of rotatable bonds is 3. The predicted octanol–water partition coefficient (Wildman–Crippen LogP) is 4.80. The van der Waals surface area contributed by atoms with E-state index in [9.17, 15) is 40.7 Å². The second-order valence-corrected chi connectivity index (χ2v) is 8.29. The number of hydrogen-bond donors (Lipinski definition) is 0. The fraction of sp³-hybridized carbons (Fsp3) is 0.348. The van der Waals surface area contributed by atoms with E-state index in [1.54, 1.807) is 30.3 Å². The smallest absolute Gasteiger partial charge is 0.338 e. The Kier molecular flexibility index (Phi) is 6.24. The van der Waals surface area contributed by atoms with E-state index in [-0.39, 0.29) is 38.5 Å². The van der Waals surface area contributed by atoms with Gasteiger partial charge in [0.15, 0.2) is 0 Å². The summed E-state index contributed by atoms with van der Waals surface area (Å²) in [6, 6.07) is 8.19. The molecule has 2 saturated heterocycles. The van der Waals surface area contributed by atoms with Crippen molar-refractivity contribution in [2.24, 2.45) is 0 Å². The molecule has 4 amide bonds. The molecule has 0 N–H and O–H groups in total. The van der Waals surface area contributed by atoms with Crippen LogP contribution in [0.5, 0.6) is 0 Å². The van der Waals surface area contributed by atoms with Crippen molar-refractivity contribution in [1.29, 1.82) is 0 Å². The van der Waals surface area contributed by atoms with Gasteiger partial charge in [0.1, 0.15) is 6.54 Å². The molecule has 0 unspecified atom stereocenters. The van der Waals surface area contributed by atoms with Gasteiger partial charge in [-0.25, -0.2) is 9.69 Å². The van der Waals surface area contributed by atoms with E-state index in [1.807, 2.05) is 0 Å². The molecule has 0 spiro atoms. The van der Waals surface area contributed by atoms with Crippen LogP contribution >= 0.6 is 0 Å². The van der Waals surface area contributed by atoms with Crippen LogP contribution < -0.4 is 4.90 Å². The van der Waals surface area contributed by atoms with Crippen molar-refractivity contribution in [3.63, 3.8) is 0 Å². The minimum atomic E-state index is -5.06. The Hall–Kier alpha value is -3.57. The highest BCUT2D eigenvalue weighted by Crippen LogP contribution is 2.37. The molecule has 0 bridgehead atoms. The fourth-order valence-corrected chi connectivity index (χ4v) is 4.28. The first-order valence-electron chi connectivity index (χ1n) is 10.6. The molecule has 0 aromatic heterocycles. The number of likely N-dealkylation sites (tertiary alicyclic amines) is 1. The maximum Gasteiger partial charge on any atom is 0.416 e. The van der Waals surface area contributed by atoms with Crippen LogP contribution in [0.2, 0.25) is 0 Å². The Balaban J connectivity index is 1.47. The van der Waals surface area contributed by atoms with Crippen molar-refractivity contribution < 1.29 is 40.7 Å². The van der Waals surface area contributed by atoms with E-state index in [2.05, 4.69) is 0 Å². The Morgan fingerprint density at radius 1 is 0.829 bits per heavy atom. The van der Waals surface area contributed by atoms with Gasteiger partial charge in [-0.15, -0.1) is 0 Å². The normalized spacial score (nSPS) is 17.9. The average molecular weight is 499 g/mol. The van der Waals surface area contributed by atoms with Gasteiger partial charge in [-0.1, -0.05) is 18.2 Å². The predicted molar refractivity (Wildman–Crippen MR) is 111 cm³/mol. The van der Waals surface area contributed by atoms with Crippen LogP contribution in [0.15, 0.2) is 48.5 Å². The molecule has 2 aliphatic rings. The van der Waals surface area contributed by atoms with Crippen LogP contribution in [0.3, 0.4) is 0 Å². The molecule has 186 valence electrons. The summed E-state index contributed by atoms with van der Waals surface area (Å²) >= 11 is 0. The number of halogens is 6. The summed E-state index contributed by atoms with van der Waals surface area (Å²) in [5.41, 5.74) is -3.42. The van der Waals surface area contributed by atoms with Gasteiger partial charge in [0.2, 0.25) is 0 Å². The number of imide groups is 1. The molecule has 2 aromatic rings. The van der Waals surface area contributed by atoms with E-state index in [0.29, 0.717) is 17.8 Å². The lowest BCUT2D eigenvalue weighted by molar-refractivity contribution is -0.143. The zero-order valence-corrected chi connectivity index (χ0v) is 18.1. The molecule has 0 radical (unpaired) electrons. The zero-order chi connectivity index (χ0) is 25.5. The van der Waals surface area contributed by atoms with Crippen LogP contribution in [0.4, 0.5) is 36.8 Å². The number of anilines is 1. The highest BCUT2D eigenvalue weighted by atomic mass is 19.4. The Morgan fingerprint density at radius 2 is 1.37 bits per heavy atom. The second kappa shape index (κ2) is 8.90. The molecular formula is C23H19F6N3O3. The number of hydrogen-bond acceptors (Lipinski definition) is 3. The summed E-state index contributed by atoms with van der Waals surface area (Å²) < 4.78 is 78.8. The van der Waals surface area contributed by atoms with Gasteiger partial charge >= 0.3 is 18.4 Å². The maximum atomic E-state index is 13.1. The van der Waals surface area contributed by atoms with Gasteiger partial charge in [0.05, 0.1) is 16.8 Å². The van der Waals surface area contributed by atoms with Crippen LogP contribution in [0.1, 0.15) is 34.3 Å². The van der Waals surface area contributed by atoms with Gasteiger partial charge < -0.3 is 9.80 Å². The number of nitrogens with zero attached hydrogens (tertiary/aromatic N) is 3. The van der Waals surface area contributed by atoms with Crippen LogP contribution in [0, 0.1) is 0 Å². The lowest BCUT2D eigenvalue weighted by Gasteiger charge is -2.36. The number of amides is 4. The summed E-state index contributed by atoms with van der Waals surface area (Å²) in [7, 11) is 0. The van der Waals surface area contributed by atoms with E-state index in [0.717, 1.165) is 9.80 Å². The van der Waals surface area contributed by atoms with Crippen molar-refractivity contribution in [3.05, 3.63) is 65.2 Å². The average Bonchev–Trinajstić information content (AvgIpc) is 3.11. The molecule has 2 aliphatic heterocycles. The van der Waals surface area contributed by atoms with Crippen molar-refractivity contribution in [2.75, 3.05) is 24.5 Å². The number of urea groups is 1. The maximum absolute atomic E-state index is 13.1. The first-order valence-corrected chi connectivity index (χ1v) is 10.6. The second-order valence-electron chi connectivity index (χ2n) is 8.29. The van der Waals surface area contributed by atoms with E-state index < -0.39 is 52.9 Å². The topological polar surface area (TPSA) is 60.9 Å². The lowest BCUT2D eigenvalue weighted by Crippen LogP contribution is -2.48. The number of benzene rings is 2. The largest absolute Gasteiger partial charge is 0.416 e. The van der Waals surface area contributed by atoms with Crippen molar-refractivity contribution in [1.82, 2.24) is 9.80 Å². The van der Waals surface area contributed by atoms with Gasteiger partial charge in [-0.05, 0) is 43.2 Å². The first kappa shape index (κ1) is 24.6. The SMILES string of the molecule is O=C(c1cc(C(F)(F)F)cc(C(F)(F)F)c1)N1CCC(N2CC(=O)N(c3ccccc3)C2=O)CC1. The summed E-state index contributed by atoms with van der Waals surface area (Å²) in [6.45, 7) is -0.149. The van der Waals surface area contributed by atoms with E-state index in [1.165, 1.54) is 4.90 Å². The number of piperidine rings is 1. The molecule has 35 heavy (non-hydrogen) atoms. The van der Waals surface area contributed by atoms with Crippen molar-refractivity contribution in [2.45, 2.75) is 31.2 Å². The molecule has 0 saturated carbocycles. The third-order valence-electron chi connectivity index (χ3n) is 6.03. The highest BCUT2D eigenvalue weighted by Gasteiger charge is 2.42. The quantitative estimate of drug-likeness (QED) is 0.451. The van der Waals surface area contributed by atoms with Crippen molar-refractivity contribution in [3.8, 4) is 0 Å². The lowest BCUT2D eigenvalue weighted by atomic mass is 10.0. The van der Waals surface area contributed by atoms with Crippen molar-refractivity contribution >= 4 is 23.5 Å². The van der Waals surface area contributed by atoms with Crippen LogP contribution in [-0.4, -0.2) is 53.3 Å². The molecule has 6 nitrogen and oxygen atoms in total. The van der Waals surface area contributed by atoms with Gasteiger partial charge in [-0.3, -0.25) is 9.59 Å². The molecule has 4 rings (SSSR count). The molecule has 2 heterocycles. The Labute approximate surface area is 195 Å². The Bertz CT molecular complexity index is 1110. The first-order chi connectivity index (χ1) is 16.4. The third-order valence-corrected chi connectivity index (χ3v) is 6.03. The third kappa shape index (κ3) is 4.96. The standard InChI is InChI=1S/C23H19F6N3O3/c24-22(25,26)15-10-14(11-16(12-15)23(27,28)29)20(34)30-8-6-17(7-9-30)31-13-19(33)32(21(31)35)18-4-2-1-3-5-18/h1-5,10-12,17H,6-9,13H2. The number of carbonyl (C=O) groups is 3. The molecule has 0 aliphatic carbocycles. The highest BCUT2D eigenvalue weighted by molar-refractivity contribution is 6.19. The fourth-order valence-electron chi connectivity index (χ4n) is 4.28. The summed E-state index contributed by atoms with van der Waals surface area (Å²) in [5.74, 6) is -1.38. The monoisotopic (exact) mass is 499 g/mol. The van der Waals surface area contributed by atoms with Gasteiger partial charge in [-0.2, -0.15) is 26.3 Å². The Morgan fingerprint density at radius 3 is 1.89 bits per heavy atom. The summed E-state index contributed by atoms with van der Waals surface area (Å²) in [5, 5.41) is 0. The minimum Gasteiger partial charge on any atom is -0.338 e. The number of para-hydroxylation sites is 1. The number of carbonyl (C=O) groups excluding carboxylic acids is 3. The molecule has 12 heteroatoms. The van der Waals surface area contributed by atoms with Gasteiger partial charge in [0, 0.05) is 24.7 Å². The van der Waals surface area contributed by atoms with Crippen LogP contribution in [-0.2, 0) is 17.1 Å². The number of alkyl halides is 6. The van der Waals surface area contributed by atoms with Gasteiger partial charge in [0.25, 0.3) is 11.8 Å². The molecule has 2 aromatic carbocycles. The summed E-state index contributed by atoms with van der Waals surface area (Å²) in [4.78, 5) is 41.7. The van der Waals surface area contributed by atoms with E-state index >= 15 is 0 Å². The zero-order valence-electron chi connectivity index (χ0n) is 18.1. The molecule has 2 fully saturated rings. The molecule has 0 atom stereocenters. The van der Waals surface area contributed by atoms with E-state index in [4.69, 9.17) is 0 Å². The summed E-state index contributed by atoms with van der Waals surface area (Å²) in [6.07, 6.45) is -9.68. The van der Waals surface area contributed by atoms with Crippen LogP contribution in [0.25, 0.3) is 0 Å².